The number of benzene rings is 3. The normalized spacial score (nSPS) is 10.8. The number of carbonyl (C=O) groups is 1. The van der Waals surface area contributed by atoms with E-state index in [-0.39, 0.29) is 5.56 Å². The van der Waals surface area contributed by atoms with E-state index >= 15 is 0 Å². The molecule has 6 heteroatoms. The van der Waals surface area contributed by atoms with E-state index in [1.54, 1.807) is 18.2 Å². The molecule has 140 valence electrons. The van der Waals surface area contributed by atoms with Crippen molar-refractivity contribution in [1.29, 1.82) is 0 Å². The van der Waals surface area contributed by atoms with Gasteiger partial charge >= 0.3 is 5.97 Å². The molecule has 4 aromatic rings. The smallest absolute Gasteiger partial charge is 0.339 e. The predicted octanol–water partition coefficient (Wildman–Crippen LogP) is 4.34. The third-order valence-corrected chi connectivity index (χ3v) is 4.60. The van der Waals surface area contributed by atoms with Gasteiger partial charge in [-0.15, -0.1) is 0 Å². The van der Waals surface area contributed by atoms with Gasteiger partial charge in [0.15, 0.2) is 0 Å². The first-order valence-electron chi connectivity index (χ1n) is 8.83. The third kappa shape index (κ3) is 3.27. The Balaban J connectivity index is 1.63. The SMILES string of the molecule is COc1cc(CNc2ccccc2-n2cnc3ccccc32)ccc1C(=O)O. The molecule has 0 aliphatic rings. The molecule has 1 heterocycles. The predicted molar refractivity (Wildman–Crippen MR) is 108 cm³/mol. The fraction of sp³-hybridized carbons (Fsp3) is 0.0909. The number of nitrogens with zero attached hydrogens (tertiary/aromatic N) is 2. The topological polar surface area (TPSA) is 76.4 Å². The van der Waals surface area contributed by atoms with Crippen LogP contribution in [0, 0.1) is 0 Å². The van der Waals surface area contributed by atoms with Gasteiger partial charge in [0.05, 0.1) is 29.5 Å². The molecule has 6 nitrogen and oxygen atoms in total. The molecule has 0 saturated carbocycles. The second kappa shape index (κ2) is 7.44. The van der Waals surface area contributed by atoms with Crippen LogP contribution >= 0.6 is 0 Å². The molecule has 28 heavy (non-hydrogen) atoms. The first kappa shape index (κ1) is 17.6. The van der Waals surface area contributed by atoms with Gasteiger partial charge in [-0.3, -0.25) is 4.57 Å². The number of fused-ring (bicyclic) bond motifs is 1. The zero-order chi connectivity index (χ0) is 19.5. The van der Waals surface area contributed by atoms with Crippen molar-refractivity contribution in [3.8, 4) is 11.4 Å². The van der Waals surface area contributed by atoms with Crippen molar-refractivity contribution < 1.29 is 14.6 Å². The van der Waals surface area contributed by atoms with Gasteiger partial charge in [0, 0.05) is 6.54 Å². The number of hydrogen-bond acceptors (Lipinski definition) is 4. The molecule has 0 bridgehead atoms. The van der Waals surface area contributed by atoms with Crippen LogP contribution in [0.4, 0.5) is 5.69 Å². The lowest BCUT2D eigenvalue weighted by molar-refractivity contribution is 0.0693. The highest BCUT2D eigenvalue weighted by Gasteiger charge is 2.12. The van der Waals surface area contributed by atoms with E-state index in [9.17, 15) is 9.90 Å². The summed E-state index contributed by atoms with van der Waals surface area (Å²) in [7, 11) is 1.47. The second-order valence-electron chi connectivity index (χ2n) is 6.31. The zero-order valence-corrected chi connectivity index (χ0v) is 15.3. The lowest BCUT2D eigenvalue weighted by atomic mass is 10.1. The molecule has 2 N–H and O–H groups in total. The van der Waals surface area contributed by atoms with Crippen molar-refractivity contribution in [1.82, 2.24) is 9.55 Å². The summed E-state index contributed by atoms with van der Waals surface area (Å²) in [5.41, 5.74) is 4.98. The summed E-state index contributed by atoms with van der Waals surface area (Å²) in [5, 5.41) is 12.7. The first-order chi connectivity index (χ1) is 13.7. The van der Waals surface area contributed by atoms with Crippen molar-refractivity contribution in [3.63, 3.8) is 0 Å². The number of hydrogen-bond donors (Lipinski definition) is 2. The Hall–Kier alpha value is -3.80. The van der Waals surface area contributed by atoms with Crippen LogP contribution in [0.2, 0.25) is 0 Å². The molecule has 3 aromatic carbocycles. The molecular weight excluding hydrogens is 354 g/mol. The van der Waals surface area contributed by atoms with E-state index in [1.807, 2.05) is 59.4 Å². The Kier molecular flexibility index (Phi) is 4.68. The van der Waals surface area contributed by atoms with Crippen molar-refractivity contribution >= 4 is 22.7 Å². The van der Waals surface area contributed by atoms with Crippen LogP contribution in [-0.4, -0.2) is 27.7 Å². The minimum absolute atomic E-state index is 0.150. The number of ether oxygens (including phenoxy) is 1. The van der Waals surface area contributed by atoms with Crippen LogP contribution in [-0.2, 0) is 6.54 Å². The van der Waals surface area contributed by atoms with Gasteiger partial charge in [-0.2, -0.15) is 0 Å². The number of aromatic carboxylic acids is 1. The number of carboxylic acids is 1. The Labute approximate surface area is 162 Å². The standard InChI is InChI=1S/C22H19N3O3/c1-28-21-12-15(10-11-16(21)22(26)27)13-23-17-6-2-4-8-19(17)25-14-24-18-7-3-5-9-20(18)25/h2-12,14,23H,13H2,1H3,(H,26,27). The van der Waals surface area contributed by atoms with E-state index in [0.29, 0.717) is 12.3 Å². The Morgan fingerprint density at radius 2 is 1.89 bits per heavy atom. The van der Waals surface area contributed by atoms with Crippen LogP contribution in [0.5, 0.6) is 5.75 Å². The molecule has 0 saturated heterocycles. The van der Waals surface area contributed by atoms with Crippen LogP contribution in [0.1, 0.15) is 15.9 Å². The van der Waals surface area contributed by atoms with Crippen molar-refractivity contribution in [3.05, 3.63) is 84.2 Å². The second-order valence-corrected chi connectivity index (χ2v) is 6.31. The highest BCUT2D eigenvalue weighted by atomic mass is 16.5. The molecule has 0 amide bonds. The van der Waals surface area contributed by atoms with E-state index in [1.165, 1.54) is 7.11 Å². The first-order valence-corrected chi connectivity index (χ1v) is 8.83. The van der Waals surface area contributed by atoms with Crippen LogP contribution in [0.3, 0.4) is 0 Å². The summed E-state index contributed by atoms with van der Waals surface area (Å²) in [6, 6.07) is 21.1. The maximum absolute atomic E-state index is 11.3. The summed E-state index contributed by atoms with van der Waals surface area (Å²) in [6.07, 6.45) is 1.82. The number of nitrogens with one attached hydrogen (secondary N) is 1. The minimum atomic E-state index is -1.01. The maximum atomic E-state index is 11.3. The van der Waals surface area contributed by atoms with Gasteiger partial charge in [-0.25, -0.2) is 9.78 Å². The fourth-order valence-corrected chi connectivity index (χ4v) is 3.20. The van der Waals surface area contributed by atoms with Crippen LogP contribution in [0.25, 0.3) is 16.7 Å². The molecular formula is C22H19N3O3. The average Bonchev–Trinajstić information content (AvgIpc) is 3.16. The Morgan fingerprint density at radius 1 is 1.11 bits per heavy atom. The van der Waals surface area contributed by atoms with E-state index in [0.717, 1.165) is 28.0 Å². The van der Waals surface area contributed by atoms with Crippen LogP contribution in [0.15, 0.2) is 73.1 Å². The van der Waals surface area contributed by atoms with Crippen LogP contribution < -0.4 is 10.1 Å². The molecule has 4 rings (SSSR count). The third-order valence-electron chi connectivity index (χ3n) is 4.60. The summed E-state index contributed by atoms with van der Waals surface area (Å²) in [4.78, 5) is 15.7. The fourth-order valence-electron chi connectivity index (χ4n) is 3.20. The maximum Gasteiger partial charge on any atom is 0.339 e. The number of rotatable bonds is 6. The lowest BCUT2D eigenvalue weighted by Crippen LogP contribution is -2.06. The summed E-state index contributed by atoms with van der Waals surface area (Å²) in [6.45, 7) is 0.528. The molecule has 1 aromatic heterocycles. The molecule has 0 spiro atoms. The van der Waals surface area contributed by atoms with Gasteiger partial charge in [0.25, 0.3) is 0 Å². The highest BCUT2D eigenvalue weighted by Crippen LogP contribution is 2.26. The molecule has 0 aliphatic heterocycles. The zero-order valence-electron chi connectivity index (χ0n) is 15.3. The number of imidazole rings is 1. The minimum Gasteiger partial charge on any atom is -0.496 e. The monoisotopic (exact) mass is 373 g/mol. The number of carboxylic acid groups (broad SMARTS) is 1. The molecule has 0 aliphatic carbocycles. The van der Waals surface area contributed by atoms with Gasteiger partial charge in [0.2, 0.25) is 0 Å². The molecule has 0 fully saturated rings. The largest absolute Gasteiger partial charge is 0.496 e. The number of aromatic nitrogens is 2. The van der Waals surface area contributed by atoms with Gasteiger partial charge in [0.1, 0.15) is 17.6 Å². The summed E-state index contributed by atoms with van der Waals surface area (Å²) >= 11 is 0. The van der Waals surface area contributed by atoms with Crippen molar-refractivity contribution in [2.75, 3.05) is 12.4 Å². The van der Waals surface area contributed by atoms with E-state index in [4.69, 9.17) is 4.74 Å². The van der Waals surface area contributed by atoms with Crippen molar-refractivity contribution in [2.24, 2.45) is 0 Å². The molecule has 0 radical (unpaired) electrons. The number of methoxy groups -OCH3 is 1. The molecule has 0 unspecified atom stereocenters. The van der Waals surface area contributed by atoms with E-state index in [2.05, 4.69) is 10.3 Å². The Morgan fingerprint density at radius 3 is 2.71 bits per heavy atom. The van der Waals surface area contributed by atoms with E-state index < -0.39 is 5.97 Å². The lowest BCUT2D eigenvalue weighted by Gasteiger charge is -2.14. The summed E-state index contributed by atoms with van der Waals surface area (Å²) < 4.78 is 7.26. The number of para-hydroxylation sites is 4. The Bertz CT molecular complexity index is 1150. The summed E-state index contributed by atoms with van der Waals surface area (Å²) in [5.74, 6) is -0.658. The average molecular weight is 373 g/mol. The highest BCUT2D eigenvalue weighted by molar-refractivity contribution is 5.91. The quantitative estimate of drug-likeness (QED) is 0.526. The van der Waals surface area contributed by atoms with Gasteiger partial charge < -0.3 is 15.2 Å². The van der Waals surface area contributed by atoms with Gasteiger partial charge in [-0.05, 0) is 42.0 Å². The van der Waals surface area contributed by atoms with Crippen molar-refractivity contribution in [2.45, 2.75) is 6.54 Å². The van der Waals surface area contributed by atoms with Gasteiger partial charge in [-0.1, -0.05) is 30.3 Å². The number of anilines is 1. The molecule has 0 atom stereocenters.